The summed E-state index contributed by atoms with van der Waals surface area (Å²) in [6, 6.07) is 7.86. The zero-order valence-corrected chi connectivity index (χ0v) is 14.4. The molecule has 0 aliphatic heterocycles. The topological polar surface area (TPSA) is 50.4 Å². The maximum atomic E-state index is 12.1. The highest BCUT2D eigenvalue weighted by Crippen LogP contribution is 2.37. The number of carbonyl (C=O) groups excluding carboxylic acids is 1. The summed E-state index contributed by atoms with van der Waals surface area (Å²) in [4.78, 5) is 12.1. The van der Waals surface area contributed by atoms with Gasteiger partial charge < -0.3 is 15.4 Å². The molecule has 2 rings (SSSR count). The average Bonchev–Trinajstić information content (AvgIpc) is 2.42. The lowest BCUT2D eigenvalue weighted by atomic mass is 9.77. The second-order valence-electron chi connectivity index (χ2n) is 5.46. The van der Waals surface area contributed by atoms with Crippen molar-refractivity contribution in [1.82, 2.24) is 10.6 Å². The van der Waals surface area contributed by atoms with Crippen molar-refractivity contribution in [2.24, 2.45) is 5.92 Å². The van der Waals surface area contributed by atoms with E-state index in [1.807, 2.05) is 24.3 Å². The molecule has 1 aliphatic rings. The lowest BCUT2D eigenvalue weighted by Gasteiger charge is -2.34. The Bertz CT molecular complexity index is 450. The van der Waals surface area contributed by atoms with Crippen LogP contribution in [0.4, 0.5) is 0 Å². The number of benzene rings is 1. The number of nitrogens with one attached hydrogen (secondary N) is 2. The molecule has 1 aliphatic carbocycles. The number of hydrogen-bond acceptors (Lipinski definition) is 3. The van der Waals surface area contributed by atoms with E-state index in [0.29, 0.717) is 25.6 Å². The van der Waals surface area contributed by atoms with Crippen LogP contribution in [0.15, 0.2) is 24.3 Å². The molecule has 22 heavy (non-hydrogen) atoms. The first-order chi connectivity index (χ1) is 10.2. The van der Waals surface area contributed by atoms with Crippen LogP contribution in [0.25, 0.3) is 0 Å². The Labute approximate surface area is 143 Å². The van der Waals surface area contributed by atoms with Gasteiger partial charge in [-0.3, -0.25) is 4.79 Å². The fourth-order valence-electron chi connectivity index (χ4n) is 2.52. The van der Waals surface area contributed by atoms with E-state index in [1.165, 1.54) is 19.3 Å². The molecule has 1 fully saturated rings. The van der Waals surface area contributed by atoms with E-state index < -0.39 is 0 Å². The number of rotatable bonds is 8. The van der Waals surface area contributed by atoms with Crippen molar-refractivity contribution in [3.05, 3.63) is 34.9 Å². The van der Waals surface area contributed by atoms with Gasteiger partial charge in [-0.1, -0.05) is 30.2 Å². The van der Waals surface area contributed by atoms with Crippen molar-refractivity contribution in [1.29, 1.82) is 0 Å². The molecule has 124 valence electrons. The minimum Gasteiger partial charge on any atom is -0.383 e. The summed E-state index contributed by atoms with van der Waals surface area (Å²) < 4.78 is 4.94. The van der Waals surface area contributed by atoms with Gasteiger partial charge in [-0.05, 0) is 36.5 Å². The first-order valence-electron chi connectivity index (χ1n) is 7.45. The molecule has 6 heteroatoms. The summed E-state index contributed by atoms with van der Waals surface area (Å²) in [5, 5.41) is 6.94. The van der Waals surface area contributed by atoms with Crippen LogP contribution in [0.2, 0.25) is 5.02 Å². The minimum atomic E-state index is 0. The minimum absolute atomic E-state index is 0. The molecule has 1 aromatic rings. The Morgan fingerprint density at radius 1 is 1.36 bits per heavy atom. The average molecular weight is 347 g/mol. The molecule has 1 unspecified atom stereocenters. The molecule has 2 N–H and O–H groups in total. The van der Waals surface area contributed by atoms with Gasteiger partial charge in [0.05, 0.1) is 19.2 Å². The third kappa shape index (κ3) is 5.76. The van der Waals surface area contributed by atoms with Crippen LogP contribution in [-0.4, -0.2) is 32.7 Å². The van der Waals surface area contributed by atoms with E-state index in [-0.39, 0.29) is 24.4 Å². The third-order valence-corrected chi connectivity index (χ3v) is 4.19. The van der Waals surface area contributed by atoms with E-state index in [1.54, 1.807) is 7.11 Å². The largest absolute Gasteiger partial charge is 0.383 e. The second-order valence-corrected chi connectivity index (χ2v) is 5.89. The molecular formula is C16H24Cl2N2O2. The van der Waals surface area contributed by atoms with Gasteiger partial charge in [0.2, 0.25) is 5.91 Å². The number of hydrogen-bond donors (Lipinski definition) is 2. The maximum Gasteiger partial charge on any atom is 0.234 e. The molecule has 0 heterocycles. The van der Waals surface area contributed by atoms with Gasteiger partial charge in [-0.2, -0.15) is 0 Å². The van der Waals surface area contributed by atoms with E-state index in [2.05, 4.69) is 10.6 Å². The normalized spacial score (nSPS) is 15.5. The Morgan fingerprint density at radius 2 is 2.05 bits per heavy atom. The molecule has 1 amide bonds. The molecule has 0 aromatic heterocycles. The van der Waals surface area contributed by atoms with Crippen molar-refractivity contribution < 1.29 is 9.53 Å². The smallest absolute Gasteiger partial charge is 0.234 e. The van der Waals surface area contributed by atoms with Crippen molar-refractivity contribution in [3.8, 4) is 0 Å². The van der Waals surface area contributed by atoms with Gasteiger partial charge in [0.1, 0.15) is 0 Å². The number of carbonyl (C=O) groups is 1. The summed E-state index contributed by atoms with van der Waals surface area (Å²) in [5.74, 6) is 0.562. The maximum absolute atomic E-state index is 12.1. The SMILES string of the molecule is COCCNCC(=O)NC(c1ccc(Cl)cc1)C1CCC1.Cl. The number of amides is 1. The lowest BCUT2D eigenvalue weighted by molar-refractivity contribution is -0.121. The van der Waals surface area contributed by atoms with Crippen LogP contribution in [0, 0.1) is 5.92 Å². The standard InChI is InChI=1S/C16H23ClN2O2.ClH/c1-21-10-9-18-11-15(20)19-16(12-3-2-4-12)13-5-7-14(17)8-6-13;/h5-8,12,16,18H,2-4,9-11H2,1H3,(H,19,20);1H. The predicted octanol–water partition coefficient (Wildman–Crippen LogP) is 2.96. The van der Waals surface area contributed by atoms with Gasteiger partial charge in [-0.15, -0.1) is 12.4 Å². The highest BCUT2D eigenvalue weighted by Gasteiger charge is 2.29. The van der Waals surface area contributed by atoms with Gasteiger partial charge in [0, 0.05) is 18.7 Å². The van der Waals surface area contributed by atoms with Crippen LogP contribution in [-0.2, 0) is 9.53 Å². The Morgan fingerprint density at radius 3 is 2.59 bits per heavy atom. The molecule has 0 saturated heterocycles. The summed E-state index contributed by atoms with van der Waals surface area (Å²) in [6.07, 6.45) is 3.59. The van der Waals surface area contributed by atoms with E-state index >= 15 is 0 Å². The molecule has 1 aromatic carbocycles. The molecule has 0 bridgehead atoms. The van der Waals surface area contributed by atoms with Crippen LogP contribution < -0.4 is 10.6 Å². The Hall–Kier alpha value is -0.810. The molecule has 1 saturated carbocycles. The monoisotopic (exact) mass is 346 g/mol. The molecule has 0 radical (unpaired) electrons. The van der Waals surface area contributed by atoms with E-state index in [4.69, 9.17) is 16.3 Å². The van der Waals surface area contributed by atoms with Gasteiger partial charge >= 0.3 is 0 Å². The zero-order valence-electron chi connectivity index (χ0n) is 12.8. The van der Waals surface area contributed by atoms with Gasteiger partial charge in [-0.25, -0.2) is 0 Å². The third-order valence-electron chi connectivity index (χ3n) is 3.94. The fraction of sp³-hybridized carbons (Fsp3) is 0.562. The van der Waals surface area contributed by atoms with Crippen LogP contribution >= 0.6 is 24.0 Å². The van der Waals surface area contributed by atoms with Crippen LogP contribution in [0.1, 0.15) is 30.9 Å². The van der Waals surface area contributed by atoms with Crippen molar-refractivity contribution in [2.75, 3.05) is 26.8 Å². The number of methoxy groups -OCH3 is 1. The van der Waals surface area contributed by atoms with Crippen molar-refractivity contribution in [3.63, 3.8) is 0 Å². The number of ether oxygens (including phenoxy) is 1. The second kappa shape index (κ2) is 10.1. The van der Waals surface area contributed by atoms with E-state index in [0.717, 1.165) is 10.6 Å². The van der Waals surface area contributed by atoms with Crippen molar-refractivity contribution >= 4 is 29.9 Å². The molecule has 1 atom stereocenters. The molecule has 0 spiro atoms. The summed E-state index contributed by atoms with van der Waals surface area (Å²) >= 11 is 5.94. The summed E-state index contributed by atoms with van der Waals surface area (Å²) in [5.41, 5.74) is 1.13. The molecule has 4 nitrogen and oxygen atoms in total. The fourth-order valence-corrected chi connectivity index (χ4v) is 2.64. The van der Waals surface area contributed by atoms with Gasteiger partial charge in [0.15, 0.2) is 0 Å². The lowest BCUT2D eigenvalue weighted by Crippen LogP contribution is -2.41. The predicted molar refractivity (Wildman–Crippen MR) is 91.7 cm³/mol. The Kier molecular flexibility index (Phi) is 8.79. The summed E-state index contributed by atoms with van der Waals surface area (Å²) in [6.45, 7) is 1.61. The zero-order chi connectivity index (χ0) is 15.1. The van der Waals surface area contributed by atoms with Gasteiger partial charge in [0.25, 0.3) is 0 Å². The quantitative estimate of drug-likeness (QED) is 0.711. The molecular weight excluding hydrogens is 323 g/mol. The Balaban J connectivity index is 0.00000242. The van der Waals surface area contributed by atoms with E-state index in [9.17, 15) is 4.79 Å². The highest BCUT2D eigenvalue weighted by molar-refractivity contribution is 6.30. The van der Waals surface area contributed by atoms with Crippen LogP contribution in [0.3, 0.4) is 0 Å². The van der Waals surface area contributed by atoms with Crippen molar-refractivity contribution in [2.45, 2.75) is 25.3 Å². The number of halogens is 2. The highest BCUT2D eigenvalue weighted by atomic mass is 35.5. The summed E-state index contributed by atoms with van der Waals surface area (Å²) in [7, 11) is 1.65. The van der Waals surface area contributed by atoms with Crippen LogP contribution in [0.5, 0.6) is 0 Å². The first kappa shape index (κ1) is 19.2. The first-order valence-corrected chi connectivity index (χ1v) is 7.83.